The summed E-state index contributed by atoms with van der Waals surface area (Å²) in [7, 11) is 0. The second-order valence-corrected chi connectivity index (χ2v) is 6.37. The average Bonchev–Trinajstić information content (AvgIpc) is 2.82. The van der Waals surface area contributed by atoms with Crippen molar-refractivity contribution >= 4 is 11.8 Å². The maximum Gasteiger partial charge on any atom is 0.0577 e. The predicted molar refractivity (Wildman–Crippen MR) is 74.1 cm³/mol. The Kier molecular flexibility index (Phi) is 3.92. The van der Waals surface area contributed by atoms with Gasteiger partial charge in [-0.1, -0.05) is 18.2 Å². The van der Waals surface area contributed by atoms with Gasteiger partial charge in [-0.15, -0.1) is 11.8 Å². The summed E-state index contributed by atoms with van der Waals surface area (Å²) >= 11 is 1.94. The molecular formula is C15H20O2S. The first-order chi connectivity index (χ1) is 8.83. The summed E-state index contributed by atoms with van der Waals surface area (Å²) in [6.07, 6.45) is 4.12. The number of ether oxygens (including phenoxy) is 1. The van der Waals surface area contributed by atoms with Gasteiger partial charge in [-0.05, 0) is 37.3 Å². The van der Waals surface area contributed by atoms with Gasteiger partial charge < -0.3 is 9.84 Å². The van der Waals surface area contributed by atoms with Gasteiger partial charge in [-0.2, -0.15) is 0 Å². The monoisotopic (exact) mass is 264 g/mol. The Labute approximate surface area is 113 Å². The van der Waals surface area contributed by atoms with Gasteiger partial charge in [0.25, 0.3) is 0 Å². The molecule has 1 atom stereocenters. The summed E-state index contributed by atoms with van der Waals surface area (Å²) in [5.74, 6) is 1.70. The lowest BCUT2D eigenvalue weighted by Gasteiger charge is -2.26. The third-order valence-corrected chi connectivity index (χ3v) is 5.23. The molecule has 2 aliphatic rings. The van der Waals surface area contributed by atoms with Crippen molar-refractivity contribution in [2.24, 2.45) is 0 Å². The summed E-state index contributed by atoms with van der Waals surface area (Å²) in [5.41, 5.74) is 1.46. The van der Waals surface area contributed by atoms with Crippen LogP contribution in [0.3, 0.4) is 0 Å². The molecule has 1 saturated carbocycles. The second-order valence-electron chi connectivity index (χ2n) is 5.31. The molecule has 0 radical (unpaired) electrons. The van der Waals surface area contributed by atoms with E-state index in [2.05, 4.69) is 24.3 Å². The number of hydrogen-bond donors (Lipinski definition) is 1. The first-order valence-electron chi connectivity index (χ1n) is 6.84. The summed E-state index contributed by atoms with van der Waals surface area (Å²) in [6.45, 7) is 0.838. The standard InChI is InChI=1S/C15H20O2S/c16-12-5-7-13(8-6-12)17-9-11-10-18-15-4-2-1-3-14(11)15/h1-4,11-13,16H,5-10H2. The molecule has 98 valence electrons. The van der Waals surface area contributed by atoms with Crippen molar-refractivity contribution in [1.82, 2.24) is 0 Å². The largest absolute Gasteiger partial charge is 0.393 e. The third-order valence-electron chi connectivity index (χ3n) is 3.98. The van der Waals surface area contributed by atoms with Gasteiger partial charge in [0.15, 0.2) is 0 Å². The summed E-state index contributed by atoms with van der Waals surface area (Å²) in [4.78, 5) is 1.42. The van der Waals surface area contributed by atoms with E-state index in [-0.39, 0.29) is 6.10 Å². The number of hydrogen-bond acceptors (Lipinski definition) is 3. The summed E-state index contributed by atoms with van der Waals surface area (Å²) < 4.78 is 6.05. The van der Waals surface area contributed by atoms with Crippen LogP contribution in [0.4, 0.5) is 0 Å². The van der Waals surface area contributed by atoms with Crippen LogP contribution in [0, 0.1) is 0 Å². The molecule has 1 aromatic rings. The van der Waals surface area contributed by atoms with Crippen LogP contribution < -0.4 is 0 Å². The van der Waals surface area contributed by atoms with E-state index in [1.807, 2.05) is 11.8 Å². The molecule has 1 aliphatic carbocycles. The fraction of sp³-hybridized carbons (Fsp3) is 0.600. The van der Waals surface area contributed by atoms with Crippen LogP contribution >= 0.6 is 11.8 Å². The van der Waals surface area contributed by atoms with Crippen LogP contribution in [-0.4, -0.2) is 29.7 Å². The zero-order valence-electron chi connectivity index (χ0n) is 10.5. The van der Waals surface area contributed by atoms with E-state index in [9.17, 15) is 5.11 Å². The lowest BCUT2D eigenvalue weighted by molar-refractivity contribution is -0.00698. The molecule has 1 unspecified atom stereocenters. The van der Waals surface area contributed by atoms with Gasteiger partial charge >= 0.3 is 0 Å². The predicted octanol–water partition coefficient (Wildman–Crippen LogP) is 3.20. The van der Waals surface area contributed by atoms with Crippen LogP contribution in [0.5, 0.6) is 0 Å². The zero-order valence-corrected chi connectivity index (χ0v) is 11.4. The van der Waals surface area contributed by atoms with Crippen molar-refractivity contribution in [1.29, 1.82) is 0 Å². The van der Waals surface area contributed by atoms with Crippen molar-refractivity contribution in [2.75, 3.05) is 12.4 Å². The van der Waals surface area contributed by atoms with Gasteiger partial charge in [-0.3, -0.25) is 0 Å². The maximum atomic E-state index is 9.48. The lowest BCUT2D eigenvalue weighted by atomic mass is 9.95. The molecule has 0 bridgehead atoms. The van der Waals surface area contributed by atoms with Gasteiger partial charge in [0.05, 0.1) is 18.8 Å². The lowest BCUT2D eigenvalue weighted by Crippen LogP contribution is -2.26. The van der Waals surface area contributed by atoms with Gasteiger partial charge in [0.1, 0.15) is 0 Å². The summed E-state index contributed by atoms with van der Waals surface area (Å²) in [5, 5.41) is 9.48. The highest BCUT2D eigenvalue weighted by Gasteiger charge is 2.25. The highest BCUT2D eigenvalue weighted by Crippen LogP contribution is 2.39. The van der Waals surface area contributed by atoms with Crippen molar-refractivity contribution in [3.63, 3.8) is 0 Å². The second kappa shape index (κ2) is 5.64. The minimum absolute atomic E-state index is 0.0902. The fourth-order valence-corrected chi connectivity index (χ4v) is 4.06. The zero-order chi connectivity index (χ0) is 12.4. The van der Waals surface area contributed by atoms with Crippen molar-refractivity contribution in [3.8, 4) is 0 Å². The molecule has 1 aliphatic heterocycles. The molecule has 3 rings (SSSR count). The molecular weight excluding hydrogens is 244 g/mol. The molecule has 1 fully saturated rings. The quantitative estimate of drug-likeness (QED) is 0.909. The maximum absolute atomic E-state index is 9.48. The minimum Gasteiger partial charge on any atom is -0.393 e. The first-order valence-corrected chi connectivity index (χ1v) is 7.83. The number of benzene rings is 1. The van der Waals surface area contributed by atoms with E-state index in [0.29, 0.717) is 12.0 Å². The molecule has 3 heteroatoms. The van der Waals surface area contributed by atoms with E-state index >= 15 is 0 Å². The van der Waals surface area contributed by atoms with E-state index in [1.54, 1.807) is 0 Å². The highest BCUT2D eigenvalue weighted by molar-refractivity contribution is 7.99. The van der Waals surface area contributed by atoms with Gasteiger partial charge in [0.2, 0.25) is 0 Å². The van der Waals surface area contributed by atoms with E-state index < -0.39 is 0 Å². The molecule has 0 saturated heterocycles. The molecule has 1 aromatic carbocycles. The average molecular weight is 264 g/mol. The smallest absolute Gasteiger partial charge is 0.0577 e. The highest BCUT2D eigenvalue weighted by atomic mass is 32.2. The van der Waals surface area contributed by atoms with Crippen LogP contribution in [0.1, 0.15) is 37.2 Å². The van der Waals surface area contributed by atoms with Crippen LogP contribution in [0.2, 0.25) is 0 Å². The third kappa shape index (κ3) is 2.73. The van der Waals surface area contributed by atoms with Crippen molar-refractivity contribution in [2.45, 2.75) is 48.7 Å². The van der Waals surface area contributed by atoms with Crippen LogP contribution in [0.15, 0.2) is 29.2 Å². The molecule has 1 heterocycles. The number of aliphatic hydroxyl groups is 1. The Bertz CT molecular complexity index is 399. The molecule has 2 nitrogen and oxygen atoms in total. The SMILES string of the molecule is OC1CCC(OCC2CSc3ccccc32)CC1. The van der Waals surface area contributed by atoms with Crippen LogP contribution in [-0.2, 0) is 4.74 Å². The molecule has 0 spiro atoms. The first kappa shape index (κ1) is 12.5. The Morgan fingerprint density at radius 1 is 1.17 bits per heavy atom. The number of rotatable bonds is 3. The molecule has 1 N–H and O–H groups in total. The van der Waals surface area contributed by atoms with E-state index in [0.717, 1.165) is 38.0 Å². The molecule has 18 heavy (non-hydrogen) atoms. The van der Waals surface area contributed by atoms with Crippen molar-refractivity contribution in [3.05, 3.63) is 29.8 Å². The normalized spacial score (nSPS) is 31.3. The topological polar surface area (TPSA) is 29.5 Å². The number of thioether (sulfide) groups is 1. The van der Waals surface area contributed by atoms with Gasteiger partial charge in [0, 0.05) is 16.6 Å². The van der Waals surface area contributed by atoms with Crippen molar-refractivity contribution < 1.29 is 9.84 Å². The molecule has 0 aromatic heterocycles. The van der Waals surface area contributed by atoms with E-state index in [1.165, 1.54) is 10.5 Å². The Morgan fingerprint density at radius 2 is 1.94 bits per heavy atom. The Balaban J connectivity index is 1.53. The minimum atomic E-state index is -0.0902. The van der Waals surface area contributed by atoms with Crippen LogP contribution in [0.25, 0.3) is 0 Å². The molecule has 0 amide bonds. The van der Waals surface area contributed by atoms with Gasteiger partial charge in [-0.25, -0.2) is 0 Å². The number of aliphatic hydroxyl groups excluding tert-OH is 1. The fourth-order valence-electron chi connectivity index (χ4n) is 2.83. The number of fused-ring (bicyclic) bond motifs is 1. The van der Waals surface area contributed by atoms with E-state index in [4.69, 9.17) is 4.74 Å². The summed E-state index contributed by atoms with van der Waals surface area (Å²) in [6, 6.07) is 8.66. The Morgan fingerprint density at radius 3 is 2.78 bits per heavy atom. The Hall–Kier alpha value is -0.510.